The van der Waals surface area contributed by atoms with E-state index in [0.29, 0.717) is 11.4 Å². The molecule has 0 unspecified atom stereocenters. The van der Waals surface area contributed by atoms with Gasteiger partial charge in [0.25, 0.3) is 5.91 Å². The highest BCUT2D eigenvalue weighted by Gasteiger charge is 2.30. The van der Waals surface area contributed by atoms with Crippen molar-refractivity contribution in [3.63, 3.8) is 0 Å². The minimum atomic E-state index is -0.661. The highest BCUT2D eigenvalue weighted by Crippen LogP contribution is 2.26. The Morgan fingerprint density at radius 3 is 2.30 bits per heavy atom. The lowest BCUT2D eigenvalue weighted by Gasteiger charge is -2.16. The van der Waals surface area contributed by atoms with Crippen LogP contribution in [0.25, 0.3) is 0 Å². The minimum Gasteiger partial charge on any atom is -0.452 e. The Bertz CT molecular complexity index is 952. The summed E-state index contributed by atoms with van der Waals surface area (Å²) < 4.78 is 5.10. The molecule has 3 rings (SSSR count). The summed E-state index contributed by atoms with van der Waals surface area (Å²) in [4.78, 5) is 49.2. The zero-order chi connectivity index (χ0) is 21.7. The fourth-order valence-corrected chi connectivity index (χ4v) is 3.27. The molecule has 1 heterocycles. The first-order valence-corrected chi connectivity index (χ1v) is 9.92. The Kier molecular flexibility index (Phi) is 6.61. The molecule has 1 N–H and O–H groups in total. The van der Waals surface area contributed by atoms with E-state index in [-0.39, 0.29) is 36.1 Å². The summed E-state index contributed by atoms with van der Waals surface area (Å²) in [6.07, 6.45) is 1.32. The first-order chi connectivity index (χ1) is 14.4. The molecule has 0 saturated carbocycles. The number of imide groups is 1. The molecule has 0 aromatic heterocycles. The summed E-state index contributed by atoms with van der Waals surface area (Å²) in [7, 11) is 0. The van der Waals surface area contributed by atoms with Crippen molar-refractivity contribution in [2.45, 2.75) is 39.0 Å². The SMILES string of the molecule is CC[C@H](C)c1ccccc1NC(=O)COC(=O)c1ccc(N2C(=O)CCC2=O)cc1. The predicted octanol–water partition coefficient (Wildman–Crippen LogP) is 3.65. The number of carbonyl (C=O) groups excluding carboxylic acids is 4. The number of amides is 3. The second-order valence-corrected chi connectivity index (χ2v) is 7.19. The minimum absolute atomic E-state index is 0.192. The third-order valence-corrected chi connectivity index (χ3v) is 5.13. The summed E-state index contributed by atoms with van der Waals surface area (Å²) in [6, 6.07) is 13.5. The van der Waals surface area contributed by atoms with Crippen LogP contribution in [0.3, 0.4) is 0 Å². The van der Waals surface area contributed by atoms with Crippen molar-refractivity contribution >= 4 is 35.1 Å². The number of nitrogens with one attached hydrogen (secondary N) is 1. The summed E-state index contributed by atoms with van der Waals surface area (Å²) >= 11 is 0. The molecule has 1 aliphatic heterocycles. The fraction of sp³-hybridized carbons (Fsp3) is 0.304. The molecule has 1 atom stereocenters. The van der Waals surface area contributed by atoms with Crippen LogP contribution in [0.5, 0.6) is 0 Å². The number of benzene rings is 2. The molecule has 0 aliphatic carbocycles. The lowest BCUT2D eigenvalue weighted by atomic mass is 9.97. The molecule has 2 aromatic rings. The van der Waals surface area contributed by atoms with E-state index in [0.717, 1.165) is 16.9 Å². The number of anilines is 2. The molecule has 30 heavy (non-hydrogen) atoms. The van der Waals surface area contributed by atoms with Crippen molar-refractivity contribution in [2.24, 2.45) is 0 Å². The van der Waals surface area contributed by atoms with Gasteiger partial charge in [-0.05, 0) is 48.2 Å². The van der Waals surface area contributed by atoms with Crippen LogP contribution < -0.4 is 10.2 Å². The lowest BCUT2D eigenvalue weighted by molar-refractivity contribution is -0.121. The van der Waals surface area contributed by atoms with Gasteiger partial charge in [0.05, 0.1) is 11.3 Å². The standard InChI is InChI=1S/C23H24N2O5/c1-3-15(2)18-6-4-5-7-19(18)24-20(26)14-30-23(29)16-8-10-17(11-9-16)25-21(27)12-13-22(25)28/h4-11,15H,3,12-14H2,1-2H3,(H,24,26)/t15-/m0/s1. The van der Waals surface area contributed by atoms with E-state index < -0.39 is 18.5 Å². The number of rotatable bonds is 7. The van der Waals surface area contributed by atoms with E-state index >= 15 is 0 Å². The summed E-state index contributed by atoms with van der Waals surface area (Å²) in [5.41, 5.74) is 2.38. The van der Waals surface area contributed by atoms with Crippen LogP contribution in [0.4, 0.5) is 11.4 Å². The molecule has 1 aliphatic rings. The number of para-hydroxylation sites is 1. The van der Waals surface area contributed by atoms with Crippen molar-refractivity contribution in [2.75, 3.05) is 16.8 Å². The Hall–Kier alpha value is -3.48. The van der Waals surface area contributed by atoms with Crippen LogP contribution >= 0.6 is 0 Å². The molecule has 2 aromatic carbocycles. The number of hydrogen-bond donors (Lipinski definition) is 1. The molecule has 7 heteroatoms. The van der Waals surface area contributed by atoms with E-state index in [2.05, 4.69) is 19.2 Å². The smallest absolute Gasteiger partial charge is 0.338 e. The maximum atomic E-state index is 12.2. The molecule has 3 amide bonds. The van der Waals surface area contributed by atoms with E-state index in [1.807, 2.05) is 24.3 Å². The average Bonchev–Trinajstić information content (AvgIpc) is 3.10. The number of nitrogens with zero attached hydrogens (tertiary/aromatic N) is 1. The zero-order valence-electron chi connectivity index (χ0n) is 17.0. The Labute approximate surface area is 175 Å². The molecular formula is C23H24N2O5. The molecule has 1 fully saturated rings. The monoisotopic (exact) mass is 408 g/mol. The molecule has 1 saturated heterocycles. The topological polar surface area (TPSA) is 92.8 Å². The van der Waals surface area contributed by atoms with E-state index in [1.54, 1.807) is 0 Å². The van der Waals surface area contributed by atoms with Gasteiger partial charge in [-0.15, -0.1) is 0 Å². The van der Waals surface area contributed by atoms with Crippen molar-refractivity contribution in [3.8, 4) is 0 Å². The Balaban J connectivity index is 1.57. The lowest BCUT2D eigenvalue weighted by Crippen LogP contribution is -2.28. The van der Waals surface area contributed by atoms with Crippen molar-refractivity contribution < 1.29 is 23.9 Å². The van der Waals surface area contributed by atoms with Crippen LogP contribution in [-0.2, 0) is 19.1 Å². The third-order valence-electron chi connectivity index (χ3n) is 5.13. The first-order valence-electron chi connectivity index (χ1n) is 9.92. The molecule has 0 bridgehead atoms. The van der Waals surface area contributed by atoms with E-state index in [9.17, 15) is 19.2 Å². The molecule has 0 radical (unpaired) electrons. The first kappa shape index (κ1) is 21.2. The van der Waals surface area contributed by atoms with Gasteiger partial charge in [-0.3, -0.25) is 19.3 Å². The van der Waals surface area contributed by atoms with Crippen LogP contribution in [0, 0.1) is 0 Å². The van der Waals surface area contributed by atoms with Crippen molar-refractivity contribution in [3.05, 3.63) is 59.7 Å². The normalized spacial score (nSPS) is 14.5. The van der Waals surface area contributed by atoms with Crippen LogP contribution in [0.2, 0.25) is 0 Å². The van der Waals surface area contributed by atoms with Gasteiger partial charge >= 0.3 is 5.97 Å². The highest BCUT2D eigenvalue weighted by atomic mass is 16.5. The van der Waals surface area contributed by atoms with Gasteiger partial charge in [0.2, 0.25) is 11.8 Å². The van der Waals surface area contributed by atoms with Gasteiger partial charge in [-0.25, -0.2) is 4.79 Å². The van der Waals surface area contributed by atoms with E-state index in [1.165, 1.54) is 24.3 Å². The van der Waals surface area contributed by atoms with Crippen LogP contribution in [-0.4, -0.2) is 30.3 Å². The van der Waals surface area contributed by atoms with Crippen LogP contribution in [0.15, 0.2) is 48.5 Å². The number of ether oxygens (including phenoxy) is 1. The van der Waals surface area contributed by atoms with Crippen LogP contribution in [0.1, 0.15) is 54.9 Å². The second kappa shape index (κ2) is 9.35. The van der Waals surface area contributed by atoms with Gasteiger partial charge in [-0.1, -0.05) is 32.0 Å². The number of esters is 1. The van der Waals surface area contributed by atoms with Gasteiger partial charge in [-0.2, -0.15) is 0 Å². The molecule has 7 nitrogen and oxygen atoms in total. The van der Waals surface area contributed by atoms with E-state index in [4.69, 9.17) is 4.74 Å². The van der Waals surface area contributed by atoms with Gasteiger partial charge in [0.1, 0.15) is 0 Å². The average molecular weight is 408 g/mol. The zero-order valence-corrected chi connectivity index (χ0v) is 17.0. The van der Waals surface area contributed by atoms with Gasteiger partial charge < -0.3 is 10.1 Å². The summed E-state index contributed by atoms with van der Waals surface area (Å²) in [6.45, 7) is 3.74. The molecule has 0 spiro atoms. The van der Waals surface area contributed by atoms with Gasteiger partial charge in [0, 0.05) is 18.5 Å². The largest absolute Gasteiger partial charge is 0.452 e. The maximum Gasteiger partial charge on any atom is 0.338 e. The Morgan fingerprint density at radius 2 is 1.67 bits per heavy atom. The summed E-state index contributed by atoms with van der Waals surface area (Å²) in [5, 5.41) is 2.79. The quantitative estimate of drug-likeness (QED) is 0.558. The third kappa shape index (κ3) is 4.74. The van der Waals surface area contributed by atoms with Gasteiger partial charge in [0.15, 0.2) is 6.61 Å². The number of hydrogen-bond acceptors (Lipinski definition) is 5. The molecular weight excluding hydrogens is 384 g/mol. The summed E-state index contributed by atoms with van der Waals surface area (Å²) in [5.74, 6) is -1.32. The highest BCUT2D eigenvalue weighted by molar-refractivity contribution is 6.19. The number of carbonyl (C=O) groups is 4. The second-order valence-electron chi connectivity index (χ2n) is 7.19. The maximum absolute atomic E-state index is 12.2. The predicted molar refractivity (Wildman–Crippen MR) is 112 cm³/mol. The fourth-order valence-electron chi connectivity index (χ4n) is 3.27. The molecule has 156 valence electrons. The Morgan fingerprint density at radius 1 is 1.03 bits per heavy atom. The van der Waals surface area contributed by atoms with Crippen molar-refractivity contribution in [1.29, 1.82) is 0 Å². The van der Waals surface area contributed by atoms with Crippen molar-refractivity contribution in [1.82, 2.24) is 0 Å².